The second kappa shape index (κ2) is 5.31. The summed E-state index contributed by atoms with van der Waals surface area (Å²) in [7, 11) is 3.67. The molecule has 5 heteroatoms. The van der Waals surface area contributed by atoms with Crippen molar-refractivity contribution in [3.63, 3.8) is 0 Å². The Morgan fingerprint density at radius 2 is 2.00 bits per heavy atom. The summed E-state index contributed by atoms with van der Waals surface area (Å²) in [6.07, 6.45) is 7.82. The Morgan fingerprint density at radius 1 is 1.29 bits per heavy atom. The van der Waals surface area contributed by atoms with Crippen LogP contribution in [0, 0.1) is 0 Å². The van der Waals surface area contributed by atoms with Crippen molar-refractivity contribution in [2.75, 3.05) is 19.1 Å². The molecule has 17 heavy (non-hydrogen) atoms. The normalized spacial score (nSPS) is 24.4. The maximum absolute atomic E-state index is 5.91. The molecule has 1 fully saturated rings. The zero-order valence-corrected chi connectivity index (χ0v) is 10.5. The Balaban J connectivity index is 2.05. The van der Waals surface area contributed by atoms with E-state index in [0.717, 1.165) is 31.5 Å². The molecule has 2 N–H and O–H groups in total. The SMILES string of the molecule is COc1cncc(N(C)C2CCC(N)CC2)n1. The van der Waals surface area contributed by atoms with Crippen molar-refractivity contribution >= 4 is 5.82 Å². The van der Waals surface area contributed by atoms with E-state index >= 15 is 0 Å². The van der Waals surface area contributed by atoms with Crippen LogP contribution in [0.15, 0.2) is 12.4 Å². The molecule has 94 valence electrons. The minimum Gasteiger partial charge on any atom is -0.480 e. The largest absolute Gasteiger partial charge is 0.480 e. The monoisotopic (exact) mass is 236 g/mol. The third-order valence-corrected chi connectivity index (χ3v) is 3.46. The van der Waals surface area contributed by atoms with E-state index in [2.05, 4.69) is 21.9 Å². The van der Waals surface area contributed by atoms with Gasteiger partial charge in [0.2, 0.25) is 5.88 Å². The van der Waals surface area contributed by atoms with E-state index in [1.165, 1.54) is 0 Å². The molecular weight excluding hydrogens is 216 g/mol. The van der Waals surface area contributed by atoms with Gasteiger partial charge in [0.1, 0.15) is 0 Å². The minimum atomic E-state index is 0.371. The molecule has 1 saturated carbocycles. The Labute approximate surface area is 102 Å². The smallest absolute Gasteiger partial charge is 0.233 e. The van der Waals surface area contributed by atoms with Gasteiger partial charge in [-0.15, -0.1) is 0 Å². The van der Waals surface area contributed by atoms with E-state index in [1.54, 1.807) is 19.5 Å². The summed E-state index contributed by atoms with van der Waals surface area (Å²) in [6, 6.07) is 0.882. The van der Waals surface area contributed by atoms with Crippen LogP contribution in [0.4, 0.5) is 5.82 Å². The Kier molecular flexibility index (Phi) is 3.78. The molecule has 1 aliphatic carbocycles. The van der Waals surface area contributed by atoms with Crippen LogP contribution < -0.4 is 15.4 Å². The minimum absolute atomic E-state index is 0.371. The van der Waals surface area contributed by atoms with Crippen LogP contribution in [0.1, 0.15) is 25.7 Å². The van der Waals surface area contributed by atoms with E-state index in [1.807, 2.05) is 0 Å². The lowest BCUT2D eigenvalue weighted by atomic mass is 9.91. The van der Waals surface area contributed by atoms with Gasteiger partial charge in [-0.2, -0.15) is 4.98 Å². The van der Waals surface area contributed by atoms with E-state index in [4.69, 9.17) is 10.5 Å². The number of rotatable bonds is 3. The van der Waals surface area contributed by atoms with Crippen LogP contribution in [0.2, 0.25) is 0 Å². The number of hydrogen-bond donors (Lipinski definition) is 1. The van der Waals surface area contributed by atoms with Crippen molar-refractivity contribution in [2.24, 2.45) is 5.73 Å². The highest BCUT2D eigenvalue weighted by atomic mass is 16.5. The fourth-order valence-corrected chi connectivity index (χ4v) is 2.28. The van der Waals surface area contributed by atoms with Gasteiger partial charge in [-0.05, 0) is 25.7 Å². The van der Waals surface area contributed by atoms with Crippen LogP contribution in [-0.2, 0) is 0 Å². The number of anilines is 1. The van der Waals surface area contributed by atoms with Gasteiger partial charge in [-0.3, -0.25) is 4.98 Å². The van der Waals surface area contributed by atoms with Gasteiger partial charge in [0.05, 0.1) is 19.5 Å². The van der Waals surface area contributed by atoms with Gasteiger partial charge < -0.3 is 15.4 Å². The summed E-state index contributed by atoms with van der Waals surface area (Å²) < 4.78 is 5.09. The van der Waals surface area contributed by atoms with Crippen molar-refractivity contribution < 1.29 is 4.74 Å². The maximum atomic E-state index is 5.91. The molecule has 1 heterocycles. The number of methoxy groups -OCH3 is 1. The molecule has 0 amide bonds. The molecule has 0 aliphatic heterocycles. The average molecular weight is 236 g/mol. The molecule has 0 unspecified atom stereocenters. The number of hydrogen-bond acceptors (Lipinski definition) is 5. The number of nitrogens with zero attached hydrogens (tertiary/aromatic N) is 3. The Bertz CT molecular complexity index is 363. The van der Waals surface area contributed by atoms with Gasteiger partial charge >= 0.3 is 0 Å². The predicted molar refractivity (Wildman–Crippen MR) is 67.2 cm³/mol. The first-order valence-electron chi connectivity index (χ1n) is 6.05. The fourth-order valence-electron chi connectivity index (χ4n) is 2.28. The average Bonchev–Trinajstić information content (AvgIpc) is 2.39. The predicted octanol–water partition coefficient (Wildman–Crippen LogP) is 1.19. The second-order valence-corrected chi connectivity index (χ2v) is 4.60. The molecule has 1 aliphatic rings. The molecule has 2 rings (SSSR count). The zero-order valence-electron chi connectivity index (χ0n) is 10.5. The Morgan fingerprint density at radius 3 is 2.65 bits per heavy atom. The van der Waals surface area contributed by atoms with Crippen LogP contribution in [0.3, 0.4) is 0 Å². The van der Waals surface area contributed by atoms with E-state index in [-0.39, 0.29) is 0 Å². The molecule has 1 aromatic heterocycles. The topological polar surface area (TPSA) is 64.3 Å². The fraction of sp³-hybridized carbons (Fsp3) is 0.667. The van der Waals surface area contributed by atoms with E-state index in [0.29, 0.717) is 18.0 Å². The summed E-state index contributed by atoms with van der Waals surface area (Å²) >= 11 is 0. The molecule has 0 radical (unpaired) electrons. The second-order valence-electron chi connectivity index (χ2n) is 4.60. The third-order valence-electron chi connectivity index (χ3n) is 3.46. The first kappa shape index (κ1) is 12.1. The van der Waals surface area contributed by atoms with Gasteiger partial charge in [0.15, 0.2) is 5.82 Å². The molecule has 0 saturated heterocycles. The quantitative estimate of drug-likeness (QED) is 0.854. The van der Waals surface area contributed by atoms with Gasteiger partial charge in [-0.25, -0.2) is 0 Å². The molecule has 0 spiro atoms. The van der Waals surface area contributed by atoms with Gasteiger partial charge in [-0.1, -0.05) is 0 Å². The lowest BCUT2D eigenvalue weighted by molar-refractivity contribution is 0.378. The summed E-state index contributed by atoms with van der Waals surface area (Å²) in [4.78, 5) is 10.7. The number of nitrogens with two attached hydrogens (primary N) is 1. The van der Waals surface area contributed by atoms with Crippen molar-refractivity contribution in [1.82, 2.24) is 9.97 Å². The van der Waals surface area contributed by atoms with Crippen molar-refractivity contribution in [2.45, 2.75) is 37.8 Å². The molecule has 1 aromatic rings. The highest BCUT2D eigenvalue weighted by Gasteiger charge is 2.23. The van der Waals surface area contributed by atoms with Crippen LogP contribution >= 0.6 is 0 Å². The summed E-state index contributed by atoms with van der Waals surface area (Å²) in [6.45, 7) is 0. The van der Waals surface area contributed by atoms with Gasteiger partial charge in [0.25, 0.3) is 0 Å². The standard InChI is InChI=1S/C12H20N4O/c1-16(10-5-3-9(13)4-6-10)11-7-14-8-12(15-11)17-2/h7-10H,3-6,13H2,1-2H3. The lowest BCUT2D eigenvalue weighted by Gasteiger charge is -2.34. The van der Waals surface area contributed by atoms with E-state index < -0.39 is 0 Å². The molecular formula is C12H20N4O. The first-order chi connectivity index (χ1) is 8.20. The van der Waals surface area contributed by atoms with Crippen LogP contribution in [-0.4, -0.2) is 36.2 Å². The summed E-state index contributed by atoms with van der Waals surface area (Å²) in [5, 5.41) is 0. The summed E-state index contributed by atoms with van der Waals surface area (Å²) in [5.41, 5.74) is 5.91. The number of aromatic nitrogens is 2. The molecule has 0 aromatic carbocycles. The highest BCUT2D eigenvalue weighted by molar-refractivity contribution is 5.37. The lowest BCUT2D eigenvalue weighted by Crippen LogP contribution is -2.39. The van der Waals surface area contributed by atoms with Crippen molar-refractivity contribution in [3.05, 3.63) is 12.4 Å². The summed E-state index contributed by atoms with van der Waals surface area (Å²) in [5.74, 6) is 1.42. The van der Waals surface area contributed by atoms with E-state index in [9.17, 15) is 0 Å². The maximum Gasteiger partial charge on any atom is 0.233 e. The Hall–Kier alpha value is -1.36. The van der Waals surface area contributed by atoms with Crippen molar-refractivity contribution in [3.8, 4) is 5.88 Å². The number of ether oxygens (including phenoxy) is 1. The third kappa shape index (κ3) is 2.85. The van der Waals surface area contributed by atoms with Gasteiger partial charge in [0, 0.05) is 19.1 Å². The van der Waals surface area contributed by atoms with Crippen LogP contribution in [0.5, 0.6) is 5.88 Å². The first-order valence-corrected chi connectivity index (χ1v) is 6.05. The highest BCUT2D eigenvalue weighted by Crippen LogP contribution is 2.24. The zero-order chi connectivity index (χ0) is 12.3. The molecule has 0 atom stereocenters. The molecule has 5 nitrogen and oxygen atoms in total. The molecule has 0 bridgehead atoms. The van der Waals surface area contributed by atoms with Crippen LogP contribution in [0.25, 0.3) is 0 Å². The van der Waals surface area contributed by atoms with Crippen molar-refractivity contribution in [1.29, 1.82) is 0 Å².